The zero-order chi connectivity index (χ0) is 19.3. The van der Waals surface area contributed by atoms with Crippen LogP contribution < -0.4 is 5.32 Å². The Balaban J connectivity index is 1.39. The number of amides is 2. The molecule has 5 nitrogen and oxygen atoms in total. The predicted octanol–water partition coefficient (Wildman–Crippen LogP) is 3.66. The molecule has 0 aromatic rings. The van der Waals surface area contributed by atoms with Crippen molar-refractivity contribution >= 4 is 11.8 Å². The van der Waals surface area contributed by atoms with E-state index in [4.69, 9.17) is 4.74 Å². The summed E-state index contributed by atoms with van der Waals surface area (Å²) in [5.74, 6) is 1.21. The topological polar surface area (TPSA) is 58.6 Å². The molecule has 2 saturated heterocycles. The third-order valence-corrected chi connectivity index (χ3v) is 7.07. The van der Waals surface area contributed by atoms with E-state index >= 15 is 0 Å². The number of nitrogens with zero attached hydrogens (tertiary/aromatic N) is 1. The molecule has 0 radical (unpaired) electrons. The van der Waals surface area contributed by atoms with Gasteiger partial charge in [0.2, 0.25) is 11.8 Å². The second kappa shape index (κ2) is 9.40. The lowest BCUT2D eigenvalue weighted by Gasteiger charge is -2.39. The Morgan fingerprint density at radius 3 is 2.48 bits per heavy atom. The Kier molecular flexibility index (Phi) is 7.18. The van der Waals surface area contributed by atoms with Gasteiger partial charge in [-0.25, -0.2) is 0 Å². The number of ether oxygens (including phenoxy) is 1. The summed E-state index contributed by atoms with van der Waals surface area (Å²) in [6.07, 6.45) is 11.6. The molecular weight excluding hydrogens is 340 g/mol. The van der Waals surface area contributed by atoms with E-state index in [0.29, 0.717) is 24.8 Å². The van der Waals surface area contributed by atoms with Crippen molar-refractivity contribution in [3.05, 3.63) is 0 Å². The Bertz CT molecular complexity index is 508. The van der Waals surface area contributed by atoms with Gasteiger partial charge in [0, 0.05) is 32.0 Å². The highest BCUT2D eigenvalue weighted by Crippen LogP contribution is 2.39. The van der Waals surface area contributed by atoms with E-state index in [1.54, 1.807) is 0 Å². The number of rotatable bonds is 6. The summed E-state index contributed by atoms with van der Waals surface area (Å²) in [7, 11) is 0. The second-order valence-electron chi connectivity index (χ2n) is 9.14. The van der Waals surface area contributed by atoms with E-state index < -0.39 is 0 Å². The third-order valence-electron chi connectivity index (χ3n) is 7.07. The quantitative estimate of drug-likeness (QED) is 0.767. The molecule has 3 rings (SSSR count). The van der Waals surface area contributed by atoms with E-state index in [2.05, 4.69) is 19.2 Å². The highest BCUT2D eigenvalue weighted by molar-refractivity contribution is 5.78. The Morgan fingerprint density at radius 2 is 1.81 bits per heavy atom. The second-order valence-corrected chi connectivity index (χ2v) is 9.14. The average Bonchev–Trinajstić information content (AvgIpc) is 3.09. The van der Waals surface area contributed by atoms with Crippen molar-refractivity contribution < 1.29 is 14.3 Å². The van der Waals surface area contributed by atoms with Gasteiger partial charge in [-0.3, -0.25) is 9.59 Å². The number of hydrogen-bond acceptors (Lipinski definition) is 3. The molecule has 154 valence electrons. The first kappa shape index (κ1) is 20.6. The maximum atomic E-state index is 12.4. The van der Waals surface area contributed by atoms with Crippen molar-refractivity contribution in [3.8, 4) is 0 Å². The molecule has 1 N–H and O–H groups in total. The van der Waals surface area contributed by atoms with E-state index in [-0.39, 0.29) is 23.5 Å². The number of carbonyl (C=O) groups excluding carboxylic acids is 2. The van der Waals surface area contributed by atoms with Gasteiger partial charge in [0.05, 0.1) is 11.7 Å². The number of nitrogens with one attached hydrogen (secondary N) is 1. The van der Waals surface area contributed by atoms with Crippen molar-refractivity contribution in [2.45, 2.75) is 96.2 Å². The van der Waals surface area contributed by atoms with Crippen LogP contribution in [-0.4, -0.2) is 48.1 Å². The first-order chi connectivity index (χ1) is 13.0. The predicted molar refractivity (Wildman–Crippen MR) is 106 cm³/mol. The van der Waals surface area contributed by atoms with Gasteiger partial charge in [0.25, 0.3) is 0 Å². The molecule has 27 heavy (non-hydrogen) atoms. The fourth-order valence-electron chi connectivity index (χ4n) is 4.87. The van der Waals surface area contributed by atoms with Crippen LogP contribution in [0.5, 0.6) is 0 Å². The van der Waals surface area contributed by atoms with Crippen molar-refractivity contribution in [2.75, 3.05) is 19.6 Å². The lowest BCUT2D eigenvalue weighted by molar-refractivity contribution is -0.139. The van der Waals surface area contributed by atoms with Gasteiger partial charge in [-0.05, 0) is 44.4 Å². The molecule has 3 fully saturated rings. The SMILES string of the molecule is CC[C@@H](C)CC(=O)N1CCC2(CC[C@@H](CNC(=O)C3CCCCC3)O2)CC1. The summed E-state index contributed by atoms with van der Waals surface area (Å²) in [6, 6.07) is 0. The van der Waals surface area contributed by atoms with Gasteiger partial charge >= 0.3 is 0 Å². The molecule has 0 bridgehead atoms. The van der Waals surface area contributed by atoms with Crippen LogP contribution >= 0.6 is 0 Å². The first-order valence-corrected chi connectivity index (χ1v) is 11.2. The lowest BCUT2D eigenvalue weighted by Crippen LogP contribution is -2.47. The van der Waals surface area contributed by atoms with Crippen LogP contribution in [0, 0.1) is 11.8 Å². The smallest absolute Gasteiger partial charge is 0.223 e. The lowest BCUT2D eigenvalue weighted by atomic mass is 9.88. The average molecular weight is 379 g/mol. The molecule has 1 aliphatic carbocycles. The molecule has 2 amide bonds. The zero-order valence-corrected chi connectivity index (χ0v) is 17.3. The number of hydrogen-bond donors (Lipinski definition) is 1. The highest BCUT2D eigenvalue weighted by Gasteiger charge is 2.43. The number of piperidine rings is 1. The van der Waals surface area contributed by atoms with Gasteiger partial charge in [-0.2, -0.15) is 0 Å². The number of carbonyl (C=O) groups is 2. The van der Waals surface area contributed by atoms with Crippen LogP contribution in [0.15, 0.2) is 0 Å². The summed E-state index contributed by atoms with van der Waals surface area (Å²) >= 11 is 0. The van der Waals surface area contributed by atoms with Crippen molar-refractivity contribution in [1.82, 2.24) is 10.2 Å². The molecule has 3 aliphatic rings. The Morgan fingerprint density at radius 1 is 1.11 bits per heavy atom. The third kappa shape index (κ3) is 5.46. The standard InChI is InChI=1S/C22H38N2O3/c1-3-17(2)15-20(25)24-13-11-22(12-14-24)10-9-19(27-22)16-23-21(26)18-7-5-4-6-8-18/h17-19H,3-16H2,1-2H3,(H,23,26)/t17-,19+/m1/s1. The summed E-state index contributed by atoms with van der Waals surface area (Å²) in [4.78, 5) is 26.8. The molecule has 2 atom stereocenters. The van der Waals surface area contributed by atoms with Gasteiger partial charge in [0.1, 0.15) is 0 Å². The van der Waals surface area contributed by atoms with E-state index in [1.807, 2.05) is 4.90 Å². The van der Waals surface area contributed by atoms with Gasteiger partial charge in [0.15, 0.2) is 0 Å². The van der Waals surface area contributed by atoms with Crippen LogP contribution in [-0.2, 0) is 14.3 Å². The largest absolute Gasteiger partial charge is 0.370 e. The summed E-state index contributed by atoms with van der Waals surface area (Å²) in [5.41, 5.74) is -0.0621. The minimum atomic E-state index is -0.0621. The Hall–Kier alpha value is -1.10. The fourth-order valence-corrected chi connectivity index (χ4v) is 4.87. The van der Waals surface area contributed by atoms with Gasteiger partial charge < -0.3 is 15.0 Å². The minimum absolute atomic E-state index is 0.0621. The minimum Gasteiger partial charge on any atom is -0.370 e. The normalized spacial score (nSPS) is 26.9. The number of likely N-dealkylation sites (tertiary alicyclic amines) is 1. The van der Waals surface area contributed by atoms with Crippen LogP contribution in [0.2, 0.25) is 0 Å². The van der Waals surface area contributed by atoms with Crippen LogP contribution in [0.25, 0.3) is 0 Å². The van der Waals surface area contributed by atoms with Crippen LogP contribution in [0.4, 0.5) is 0 Å². The van der Waals surface area contributed by atoms with E-state index in [9.17, 15) is 9.59 Å². The van der Waals surface area contributed by atoms with Gasteiger partial charge in [-0.1, -0.05) is 39.5 Å². The maximum absolute atomic E-state index is 12.4. The maximum Gasteiger partial charge on any atom is 0.223 e. The van der Waals surface area contributed by atoms with Crippen LogP contribution in [0.3, 0.4) is 0 Å². The molecule has 0 aromatic carbocycles. The monoisotopic (exact) mass is 378 g/mol. The Labute approximate surface area is 164 Å². The molecule has 1 spiro atoms. The molecule has 0 unspecified atom stereocenters. The molecule has 0 aromatic heterocycles. The molecule has 5 heteroatoms. The fraction of sp³-hybridized carbons (Fsp3) is 0.909. The van der Waals surface area contributed by atoms with E-state index in [1.165, 1.54) is 19.3 Å². The molecular formula is C22H38N2O3. The van der Waals surface area contributed by atoms with Gasteiger partial charge in [-0.15, -0.1) is 0 Å². The van der Waals surface area contributed by atoms with Crippen LogP contribution in [0.1, 0.15) is 84.5 Å². The molecule has 1 saturated carbocycles. The molecule has 2 aliphatic heterocycles. The summed E-state index contributed by atoms with van der Waals surface area (Å²) < 4.78 is 6.41. The van der Waals surface area contributed by atoms with E-state index in [0.717, 1.165) is 58.0 Å². The van der Waals surface area contributed by atoms with Crippen molar-refractivity contribution in [1.29, 1.82) is 0 Å². The molecule has 2 heterocycles. The van der Waals surface area contributed by atoms with Crippen molar-refractivity contribution in [3.63, 3.8) is 0 Å². The summed E-state index contributed by atoms with van der Waals surface area (Å²) in [5, 5.41) is 3.14. The highest BCUT2D eigenvalue weighted by atomic mass is 16.5. The summed E-state index contributed by atoms with van der Waals surface area (Å²) in [6.45, 7) is 6.57. The first-order valence-electron chi connectivity index (χ1n) is 11.2. The van der Waals surface area contributed by atoms with Crippen molar-refractivity contribution in [2.24, 2.45) is 11.8 Å². The zero-order valence-electron chi connectivity index (χ0n) is 17.3.